The Morgan fingerprint density at radius 2 is 0.811 bits per heavy atom. The minimum atomic E-state index is -4.93. The zero-order valence-corrected chi connectivity index (χ0v) is 28.6. The molecular weight excluding hydrogens is 586 g/mol. The first-order chi connectivity index (χ1) is 15.7. The molecule has 0 fully saturated rings. The largest absolute Gasteiger partial charge is 1.00 e. The molecule has 0 saturated heterocycles. The van der Waals surface area contributed by atoms with Gasteiger partial charge in [0.2, 0.25) is 0 Å². The first-order valence-electron chi connectivity index (χ1n) is 9.94. The molecule has 22 heteroatoms. The summed E-state index contributed by atoms with van der Waals surface area (Å²) >= 11 is 0. The molecular formula is C15H32N4Na2O13S3. The van der Waals surface area contributed by atoms with Gasteiger partial charge in [-0.05, 0) is 41.5 Å². The summed E-state index contributed by atoms with van der Waals surface area (Å²) in [6, 6.07) is 0. The molecule has 3 amide bonds. The van der Waals surface area contributed by atoms with Gasteiger partial charge in [-0.3, -0.25) is 4.79 Å². The van der Waals surface area contributed by atoms with Crippen LogP contribution in [0, 0.1) is 0 Å². The molecule has 210 valence electrons. The van der Waals surface area contributed by atoms with Crippen molar-refractivity contribution < 1.29 is 116 Å². The number of nitrogens with zero attached hydrogens (tertiary/aromatic N) is 3. The molecule has 0 saturated carbocycles. The Hall–Kier alpha value is -0.260. The average molecular weight is 619 g/mol. The Labute approximate surface area is 262 Å². The summed E-state index contributed by atoms with van der Waals surface area (Å²) in [7, 11) is -13.9. The van der Waals surface area contributed by atoms with Crippen molar-refractivity contribution in [3.8, 4) is 0 Å². The number of hydrogen-bond donors (Lipinski definition) is 1. The van der Waals surface area contributed by atoms with E-state index in [4.69, 9.17) is 0 Å². The van der Waals surface area contributed by atoms with Crippen LogP contribution in [0.3, 0.4) is 0 Å². The van der Waals surface area contributed by atoms with Gasteiger partial charge < -0.3 is 32.2 Å². The van der Waals surface area contributed by atoms with Crippen LogP contribution >= 0.6 is 0 Å². The predicted molar refractivity (Wildman–Crippen MR) is 120 cm³/mol. The number of hydrogen-bond acceptors (Lipinski definition) is 13. The van der Waals surface area contributed by atoms with E-state index < -0.39 is 48.2 Å². The maximum absolute atomic E-state index is 10.8. The number of primary sulfonamides is 1. The number of carbonyl (C=O) groups is 3. The van der Waals surface area contributed by atoms with Crippen LogP contribution in [0.5, 0.6) is 0 Å². The fourth-order valence-electron chi connectivity index (χ4n) is 1.91. The molecule has 0 spiro atoms. The minimum Gasteiger partial charge on any atom is -0.716 e. The third kappa shape index (κ3) is 25.8. The second kappa shape index (κ2) is 22.5. The zero-order valence-electron chi connectivity index (χ0n) is 22.2. The van der Waals surface area contributed by atoms with Gasteiger partial charge in [-0.25, -0.2) is 40.0 Å². The molecule has 0 aliphatic rings. The van der Waals surface area contributed by atoms with Crippen molar-refractivity contribution in [2.75, 3.05) is 39.3 Å². The quantitative estimate of drug-likeness (QED) is 0.151. The summed E-state index contributed by atoms with van der Waals surface area (Å²) in [4.78, 5) is 35.6. The molecule has 0 heterocycles. The van der Waals surface area contributed by atoms with E-state index in [2.05, 4.69) is 13.5 Å². The molecule has 0 unspecified atom stereocenters. The van der Waals surface area contributed by atoms with Gasteiger partial charge in [-0.15, -0.1) is 0 Å². The van der Waals surface area contributed by atoms with E-state index in [-0.39, 0.29) is 59.1 Å². The fraction of sp³-hybridized carbons (Fsp3) is 0.800. The number of carbonyl (C=O) groups excluding carboxylic acids is 3. The molecule has 17 nitrogen and oxygen atoms in total. The van der Waals surface area contributed by atoms with E-state index in [9.17, 15) is 48.7 Å². The van der Waals surface area contributed by atoms with Crippen LogP contribution in [-0.2, 0) is 39.2 Å². The molecule has 0 aromatic rings. The fourth-order valence-corrected chi connectivity index (χ4v) is 3.08. The van der Waals surface area contributed by atoms with E-state index in [1.54, 1.807) is 41.5 Å². The van der Waals surface area contributed by atoms with Crippen molar-refractivity contribution in [2.24, 2.45) is 5.14 Å². The third-order valence-electron chi connectivity index (χ3n) is 3.66. The topological polar surface area (TPSA) is 254 Å². The molecule has 2 N–H and O–H groups in total. The van der Waals surface area contributed by atoms with Gasteiger partial charge in [0, 0.05) is 39.3 Å². The first kappa shape index (κ1) is 46.6. The van der Waals surface area contributed by atoms with Crippen molar-refractivity contribution in [1.29, 1.82) is 0 Å². The smallest absolute Gasteiger partial charge is 0.716 e. The zero-order chi connectivity index (χ0) is 28.6. The van der Waals surface area contributed by atoms with E-state index >= 15 is 0 Å². The SMILES string of the molecule is CCN(CC)C(=O)OS(=O)(=O)[O-].CCN(CC)C(=O)OS(=O)(=O)[O-].CCN(CC)C(=O)S(N)(=O)=O.[Na+].[Na+]. The molecule has 0 aliphatic carbocycles. The maximum atomic E-state index is 10.8. The molecule has 37 heavy (non-hydrogen) atoms. The summed E-state index contributed by atoms with van der Waals surface area (Å²) in [5.41, 5.74) is 0. The van der Waals surface area contributed by atoms with Gasteiger partial charge in [-0.1, -0.05) is 0 Å². The third-order valence-corrected chi connectivity index (χ3v) is 5.09. The van der Waals surface area contributed by atoms with Gasteiger partial charge in [-0.2, -0.15) is 0 Å². The van der Waals surface area contributed by atoms with Crippen LogP contribution in [0.1, 0.15) is 41.5 Å². The Balaban J connectivity index is -0.000000135. The van der Waals surface area contributed by atoms with Gasteiger partial charge in [0.15, 0.2) is 0 Å². The van der Waals surface area contributed by atoms with E-state index in [1.807, 2.05) is 0 Å². The van der Waals surface area contributed by atoms with Gasteiger partial charge >= 0.3 is 76.5 Å². The molecule has 0 aromatic carbocycles. The van der Waals surface area contributed by atoms with Gasteiger partial charge in [0.25, 0.3) is 30.8 Å². The number of rotatable bonds is 8. The van der Waals surface area contributed by atoms with Crippen molar-refractivity contribution in [2.45, 2.75) is 41.5 Å². The summed E-state index contributed by atoms with van der Waals surface area (Å²) in [5.74, 6) is 0. The number of nitrogens with two attached hydrogens (primary N) is 1. The van der Waals surface area contributed by atoms with Crippen LogP contribution in [0.15, 0.2) is 0 Å². The summed E-state index contributed by atoms with van der Waals surface area (Å²) in [5, 5.41) is 3.60. The van der Waals surface area contributed by atoms with E-state index in [0.29, 0.717) is 39.3 Å². The molecule has 0 radical (unpaired) electrons. The molecule has 0 aromatic heterocycles. The van der Waals surface area contributed by atoms with Crippen molar-refractivity contribution in [3.05, 3.63) is 0 Å². The van der Waals surface area contributed by atoms with Crippen molar-refractivity contribution >= 4 is 48.2 Å². The van der Waals surface area contributed by atoms with Crippen molar-refractivity contribution in [1.82, 2.24) is 14.7 Å². The Bertz CT molecular complexity index is 927. The van der Waals surface area contributed by atoms with E-state index in [0.717, 1.165) is 14.7 Å². The average Bonchev–Trinajstić information content (AvgIpc) is 2.68. The van der Waals surface area contributed by atoms with Crippen LogP contribution in [0.2, 0.25) is 0 Å². The van der Waals surface area contributed by atoms with Gasteiger partial charge in [0.1, 0.15) is 0 Å². The van der Waals surface area contributed by atoms with E-state index in [1.165, 1.54) is 0 Å². The molecule has 0 bridgehead atoms. The first-order valence-corrected chi connectivity index (χ1v) is 14.2. The Morgan fingerprint density at radius 3 is 0.919 bits per heavy atom. The normalized spacial score (nSPS) is 10.4. The Kier molecular flexibility index (Phi) is 28.4. The molecule has 0 aliphatic heterocycles. The van der Waals surface area contributed by atoms with Crippen LogP contribution < -0.4 is 64.3 Å². The Morgan fingerprint density at radius 1 is 0.595 bits per heavy atom. The van der Waals surface area contributed by atoms with Crippen molar-refractivity contribution in [3.63, 3.8) is 0 Å². The summed E-state index contributed by atoms with van der Waals surface area (Å²) < 4.78 is 87.8. The standard InChI is InChI=1S/C5H12N2O3S.2C5H11NO5S.2Na/c1-3-7(4-2)5(8)11(6,9)10;2*1-3-6(4-2)5(7)11-12(8,9)10;;/h3-4H2,1-2H3,(H2,6,9,10);2*3-4H2,1-2H3,(H,8,9,10);;/q;;;2*+1/p-2. The van der Waals surface area contributed by atoms with Gasteiger partial charge in [0.05, 0.1) is 0 Å². The molecule has 0 atom stereocenters. The second-order valence-corrected chi connectivity index (χ2v) is 9.25. The minimum absolute atomic E-state index is 0. The number of sulfonamides is 1. The summed E-state index contributed by atoms with van der Waals surface area (Å²) in [6.45, 7) is 11.8. The monoisotopic (exact) mass is 618 g/mol. The predicted octanol–water partition coefficient (Wildman–Crippen LogP) is -6.41. The second-order valence-electron chi connectivity index (χ2n) is 5.84. The van der Waals surface area contributed by atoms with Crippen LogP contribution in [0.4, 0.5) is 14.4 Å². The van der Waals surface area contributed by atoms with Crippen LogP contribution in [-0.4, -0.2) is 106 Å². The number of amides is 3. The molecule has 0 rings (SSSR count). The summed E-state index contributed by atoms with van der Waals surface area (Å²) in [6.07, 6.45) is -2.26. The van der Waals surface area contributed by atoms with Crippen LogP contribution in [0.25, 0.3) is 0 Å². The maximum Gasteiger partial charge on any atom is 1.00 e.